The summed E-state index contributed by atoms with van der Waals surface area (Å²) in [6.45, 7) is 0.844. The van der Waals surface area contributed by atoms with Crippen LogP contribution in [0.25, 0.3) is 33.6 Å². The zero-order valence-corrected chi connectivity index (χ0v) is 17.9. The minimum absolute atomic E-state index is 0.844. The summed E-state index contributed by atoms with van der Waals surface area (Å²) in [4.78, 5) is 0. The Morgan fingerprint density at radius 2 is 1.16 bits per heavy atom. The van der Waals surface area contributed by atoms with Gasteiger partial charge in [0.2, 0.25) is 11.4 Å². The van der Waals surface area contributed by atoms with Gasteiger partial charge in [-0.3, -0.25) is 0 Å². The maximum atomic E-state index is 2.53. The first-order chi connectivity index (χ1) is 15.9. The summed E-state index contributed by atoms with van der Waals surface area (Å²) < 4.78 is 2.53. The van der Waals surface area contributed by atoms with Gasteiger partial charge in [-0.15, -0.1) is 0 Å². The van der Waals surface area contributed by atoms with Crippen LogP contribution in [0.2, 0.25) is 0 Å². The molecule has 32 heavy (non-hydrogen) atoms. The fraction of sp³-hybridized carbons (Fsp3) is 0.0645. The van der Waals surface area contributed by atoms with E-state index in [0.717, 1.165) is 13.0 Å². The number of rotatable bonds is 4. The number of nitrogens with zero attached hydrogens (tertiary/aromatic N) is 1. The van der Waals surface area contributed by atoms with Gasteiger partial charge in [0.15, 0.2) is 6.54 Å². The molecule has 0 amide bonds. The zero-order chi connectivity index (χ0) is 21.3. The molecular weight excluding hydrogens is 386 g/mol. The maximum Gasteiger partial charge on any atom is 0.217 e. The molecule has 1 aromatic heterocycles. The van der Waals surface area contributed by atoms with Crippen LogP contribution >= 0.6 is 0 Å². The highest BCUT2D eigenvalue weighted by Crippen LogP contribution is 2.41. The fourth-order valence-electron chi connectivity index (χ4n) is 4.95. The lowest BCUT2D eigenvalue weighted by molar-refractivity contribution is -0.666. The Bertz CT molecular complexity index is 1390. The lowest BCUT2D eigenvalue weighted by Crippen LogP contribution is -2.40. The van der Waals surface area contributed by atoms with E-state index in [1.165, 1.54) is 50.3 Å². The molecule has 0 radical (unpaired) electrons. The lowest BCUT2D eigenvalue weighted by Gasteiger charge is -2.14. The predicted molar refractivity (Wildman–Crippen MR) is 131 cm³/mol. The summed E-state index contributed by atoms with van der Waals surface area (Å²) in [5.41, 5.74) is 12.0. The van der Waals surface area contributed by atoms with Crippen LogP contribution in [0, 0.1) is 0 Å². The molecule has 0 aliphatic heterocycles. The van der Waals surface area contributed by atoms with Crippen molar-refractivity contribution >= 4 is 0 Å². The molecule has 0 fully saturated rings. The molecule has 5 aromatic rings. The van der Waals surface area contributed by atoms with Crippen molar-refractivity contribution in [2.24, 2.45) is 0 Å². The van der Waals surface area contributed by atoms with Crippen molar-refractivity contribution in [2.45, 2.75) is 13.0 Å². The standard InChI is InChI=1S/C31H24N/c1-4-12-23(13-5-1)22-32-30(25-16-8-3-9-17-25)21-28(24-14-6-2-7-15-24)29-20-26-18-10-11-19-27(26)31(29)32/h1-19,21H,20,22H2/q+1. The Labute approximate surface area is 189 Å². The number of aromatic nitrogens is 1. The van der Waals surface area contributed by atoms with E-state index in [4.69, 9.17) is 0 Å². The summed E-state index contributed by atoms with van der Waals surface area (Å²) in [6.07, 6.45) is 0.972. The van der Waals surface area contributed by atoms with Gasteiger partial charge in [-0.2, -0.15) is 4.57 Å². The first-order valence-corrected chi connectivity index (χ1v) is 11.2. The molecule has 0 atom stereocenters. The third kappa shape index (κ3) is 3.23. The Morgan fingerprint density at radius 3 is 1.88 bits per heavy atom. The van der Waals surface area contributed by atoms with Crippen molar-refractivity contribution in [3.63, 3.8) is 0 Å². The van der Waals surface area contributed by atoms with Gasteiger partial charge in [0, 0.05) is 29.2 Å². The smallest absolute Gasteiger partial charge is 0.187 e. The van der Waals surface area contributed by atoms with Gasteiger partial charge in [0.1, 0.15) is 0 Å². The van der Waals surface area contributed by atoms with Crippen molar-refractivity contribution < 1.29 is 4.57 Å². The predicted octanol–water partition coefficient (Wildman–Crippen LogP) is 6.93. The Morgan fingerprint density at radius 1 is 0.562 bits per heavy atom. The van der Waals surface area contributed by atoms with Gasteiger partial charge < -0.3 is 0 Å². The topological polar surface area (TPSA) is 3.88 Å². The summed E-state index contributed by atoms with van der Waals surface area (Å²) in [7, 11) is 0. The maximum absolute atomic E-state index is 2.53. The van der Waals surface area contributed by atoms with E-state index < -0.39 is 0 Å². The Hall–Kier alpha value is -3.97. The summed E-state index contributed by atoms with van der Waals surface area (Å²) >= 11 is 0. The molecule has 1 nitrogen and oxygen atoms in total. The average molecular weight is 411 g/mol. The van der Waals surface area contributed by atoms with Crippen LogP contribution in [-0.4, -0.2) is 0 Å². The van der Waals surface area contributed by atoms with E-state index in [9.17, 15) is 0 Å². The number of fused-ring (bicyclic) bond motifs is 3. The third-order valence-electron chi connectivity index (χ3n) is 6.43. The minimum Gasteiger partial charge on any atom is -0.187 e. The van der Waals surface area contributed by atoms with Gasteiger partial charge >= 0.3 is 0 Å². The van der Waals surface area contributed by atoms with E-state index in [-0.39, 0.29) is 0 Å². The molecule has 1 heterocycles. The van der Waals surface area contributed by atoms with Crippen LogP contribution in [0.1, 0.15) is 16.7 Å². The molecule has 0 N–H and O–H groups in total. The van der Waals surface area contributed by atoms with Gasteiger partial charge in [-0.05, 0) is 34.9 Å². The summed E-state index contributed by atoms with van der Waals surface area (Å²) in [5.74, 6) is 0. The number of hydrogen-bond acceptors (Lipinski definition) is 0. The Kier molecular flexibility index (Phi) is 4.66. The van der Waals surface area contributed by atoms with Gasteiger partial charge in [0.25, 0.3) is 0 Å². The van der Waals surface area contributed by atoms with E-state index in [1.807, 2.05) is 0 Å². The summed E-state index contributed by atoms with van der Waals surface area (Å²) in [6, 6.07) is 43.7. The second-order valence-electron chi connectivity index (χ2n) is 8.41. The number of hydrogen-bond donors (Lipinski definition) is 0. The normalized spacial score (nSPS) is 11.8. The SMILES string of the molecule is c1ccc(C[n+]2c(-c3ccccc3)cc(-c3ccccc3)c3c2-c2ccccc2C3)cc1. The van der Waals surface area contributed by atoms with E-state index >= 15 is 0 Å². The lowest BCUT2D eigenvalue weighted by atomic mass is 9.95. The molecule has 0 unspecified atom stereocenters. The highest BCUT2D eigenvalue weighted by atomic mass is 15.0. The van der Waals surface area contributed by atoms with Gasteiger partial charge in [-0.1, -0.05) is 97.1 Å². The molecule has 0 spiro atoms. The Balaban J connectivity index is 1.69. The molecule has 1 aliphatic carbocycles. The first-order valence-electron chi connectivity index (χ1n) is 11.2. The quantitative estimate of drug-likeness (QED) is 0.278. The summed E-state index contributed by atoms with van der Waals surface area (Å²) in [5, 5.41) is 0. The van der Waals surface area contributed by atoms with Crippen LogP contribution in [-0.2, 0) is 13.0 Å². The number of pyridine rings is 1. The van der Waals surface area contributed by atoms with Crippen LogP contribution in [0.5, 0.6) is 0 Å². The van der Waals surface area contributed by atoms with E-state index in [0.29, 0.717) is 0 Å². The van der Waals surface area contributed by atoms with Crippen LogP contribution in [0.4, 0.5) is 0 Å². The minimum atomic E-state index is 0.844. The number of benzene rings is 4. The monoisotopic (exact) mass is 410 g/mol. The molecule has 1 aliphatic rings. The second-order valence-corrected chi connectivity index (χ2v) is 8.41. The third-order valence-corrected chi connectivity index (χ3v) is 6.43. The van der Waals surface area contributed by atoms with Gasteiger partial charge in [-0.25, -0.2) is 0 Å². The zero-order valence-electron chi connectivity index (χ0n) is 17.9. The molecule has 0 saturated heterocycles. The average Bonchev–Trinajstić information content (AvgIpc) is 3.26. The van der Waals surface area contributed by atoms with Crippen molar-refractivity contribution in [1.82, 2.24) is 0 Å². The van der Waals surface area contributed by atoms with Crippen molar-refractivity contribution in [3.8, 4) is 33.6 Å². The van der Waals surface area contributed by atoms with Crippen LogP contribution in [0.15, 0.2) is 121 Å². The second kappa shape index (κ2) is 7.94. The first kappa shape index (κ1) is 18.8. The van der Waals surface area contributed by atoms with Crippen molar-refractivity contribution in [3.05, 3.63) is 138 Å². The fourth-order valence-corrected chi connectivity index (χ4v) is 4.95. The van der Waals surface area contributed by atoms with Gasteiger partial charge in [0.05, 0.1) is 5.56 Å². The van der Waals surface area contributed by atoms with Crippen molar-refractivity contribution in [2.75, 3.05) is 0 Å². The molecule has 6 rings (SSSR count). The molecule has 0 bridgehead atoms. The molecule has 1 heteroatoms. The van der Waals surface area contributed by atoms with Crippen molar-refractivity contribution in [1.29, 1.82) is 0 Å². The van der Waals surface area contributed by atoms with Crippen LogP contribution < -0.4 is 4.57 Å². The highest BCUT2D eigenvalue weighted by Gasteiger charge is 2.33. The largest absolute Gasteiger partial charge is 0.217 e. The van der Waals surface area contributed by atoms with E-state index in [1.54, 1.807) is 0 Å². The van der Waals surface area contributed by atoms with E-state index in [2.05, 4.69) is 126 Å². The highest BCUT2D eigenvalue weighted by molar-refractivity contribution is 5.83. The molecule has 152 valence electrons. The molecule has 4 aromatic carbocycles. The molecule has 0 saturated carbocycles. The molecular formula is C31H24N+. The van der Waals surface area contributed by atoms with Crippen LogP contribution in [0.3, 0.4) is 0 Å².